The molecule has 0 atom stereocenters. The summed E-state index contributed by atoms with van der Waals surface area (Å²) in [5, 5.41) is 4.78. The monoisotopic (exact) mass is 635 g/mol. The smallest absolute Gasteiger partial charge is 0.135 e. The quantitative estimate of drug-likeness (QED) is 0.189. The van der Waals surface area contributed by atoms with Gasteiger partial charge < -0.3 is 8.98 Å². The SMILES string of the molecule is c1ccc(-c2ccc3c(c2)-c2ccccc2-c2cc(-c4ccccc4)cc4c5cc(-c6ccc7oc8ccccc8c7c6)ccc5n-3c24)cc1. The predicted molar refractivity (Wildman–Crippen MR) is 209 cm³/mol. The van der Waals surface area contributed by atoms with Crippen molar-refractivity contribution < 1.29 is 4.42 Å². The van der Waals surface area contributed by atoms with Crippen molar-refractivity contribution in [3.63, 3.8) is 0 Å². The Labute approximate surface area is 289 Å². The van der Waals surface area contributed by atoms with E-state index in [-0.39, 0.29) is 0 Å². The van der Waals surface area contributed by atoms with Crippen LogP contribution >= 0.6 is 0 Å². The molecular weight excluding hydrogens is 607 g/mol. The molecule has 1 aliphatic rings. The van der Waals surface area contributed by atoms with E-state index < -0.39 is 0 Å². The summed E-state index contributed by atoms with van der Waals surface area (Å²) < 4.78 is 8.68. The molecule has 0 saturated heterocycles. The molecule has 0 saturated carbocycles. The first-order valence-corrected chi connectivity index (χ1v) is 17.2. The van der Waals surface area contributed by atoms with E-state index in [4.69, 9.17) is 4.42 Å². The van der Waals surface area contributed by atoms with Crippen LogP contribution in [-0.2, 0) is 0 Å². The van der Waals surface area contributed by atoms with Gasteiger partial charge in [-0.05, 0) is 99.1 Å². The minimum absolute atomic E-state index is 0.914. The number of hydrogen-bond acceptors (Lipinski definition) is 1. The number of para-hydroxylation sites is 1. The van der Waals surface area contributed by atoms with Crippen LogP contribution in [0.15, 0.2) is 180 Å². The van der Waals surface area contributed by atoms with Gasteiger partial charge in [-0.1, -0.05) is 121 Å². The minimum atomic E-state index is 0.914. The summed E-state index contributed by atoms with van der Waals surface area (Å²) in [6.45, 7) is 0. The summed E-state index contributed by atoms with van der Waals surface area (Å²) in [6.07, 6.45) is 0. The van der Waals surface area contributed by atoms with Crippen LogP contribution in [0, 0.1) is 0 Å². The lowest BCUT2D eigenvalue weighted by atomic mass is 9.90. The fourth-order valence-electron chi connectivity index (χ4n) is 8.20. The number of rotatable bonds is 3. The van der Waals surface area contributed by atoms with Crippen LogP contribution in [0.4, 0.5) is 0 Å². The van der Waals surface area contributed by atoms with Gasteiger partial charge in [0.1, 0.15) is 11.2 Å². The van der Waals surface area contributed by atoms with Crippen molar-refractivity contribution in [2.24, 2.45) is 0 Å². The summed E-state index contributed by atoms with van der Waals surface area (Å²) in [5.41, 5.74) is 17.7. The number of fused-ring (bicyclic) bond motifs is 11. The Balaban J connectivity index is 1.23. The summed E-state index contributed by atoms with van der Waals surface area (Å²) in [5.74, 6) is 0. The molecule has 2 heteroatoms. The first-order valence-electron chi connectivity index (χ1n) is 17.2. The lowest BCUT2D eigenvalue weighted by molar-refractivity contribution is 0.669. The topological polar surface area (TPSA) is 18.1 Å². The fourth-order valence-corrected chi connectivity index (χ4v) is 8.20. The zero-order chi connectivity index (χ0) is 32.8. The third-order valence-electron chi connectivity index (χ3n) is 10.5. The Morgan fingerprint density at radius 1 is 0.320 bits per heavy atom. The molecule has 0 aliphatic carbocycles. The van der Waals surface area contributed by atoms with E-state index in [0.717, 1.165) is 21.9 Å². The van der Waals surface area contributed by atoms with E-state index in [1.165, 1.54) is 83.1 Å². The molecule has 1 aliphatic heterocycles. The van der Waals surface area contributed by atoms with Crippen molar-refractivity contribution in [2.45, 2.75) is 0 Å². The second-order valence-electron chi connectivity index (χ2n) is 13.3. The van der Waals surface area contributed by atoms with Crippen LogP contribution in [0.2, 0.25) is 0 Å². The van der Waals surface area contributed by atoms with Gasteiger partial charge in [0.15, 0.2) is 0 Å². The van der Waals surface area contributed by atoms with Gasteiger partial charge in [0.2, 0.25) is 0 Å². The maximum absolute atomic E-state index is 6.17. The number of aromatic nitrogens is 1. The van der Waals surface area contributed by atoms with Crippen molar-refractivity contribution in [2.75, 3.05) is 0 Å². The molecule has 2 aromatic heterocycles. The molecular formula is C48H29NO. The molecule has 11 rings (SSSR count). The number of nitrogens with zero attached hydrogens (tertiary/aromatic N) is 1. The number of benzene rings is 8. The predicted octanol–water partition coefficient (Wildman–Crippen LogP) is 13.3. The van der Waals surface area contributed by atoms with Gasteiger partial charge in [0, 0.05) is 32.7 Å². The van der Waals surface area contributed by atoms with E-state index in [1.807, 2.05) is 12.1 Å². The minimum Gasteiger partial charge on any atom is -0.456 e. The van der Waals surface area contributed by atoms with Gasteiger partial charge in [0.25, 0.3) is 0 Å². The first kappa shape index (κ1) is 27.3. The fraction of sp³-hybridized carbons (Fsp3) is 0. The van der Waals surface area contributed by atoms with Crippen molar-refractivity contribution in [1.82, 2.24) is 4.57 Å². The Morgan fingerprint density at radius 3 is 1.68 bits per heavy atom. The molecule has 10 aromatic rings. The molecule has 50 heavy (non-hydrogen) atoms. The average Bonchev–Trinajstić information content (AvgIpc) is 3.69. The highest BCUT2D eigenvalue weighted by Gasteiger charge is 2.26. The second-order valence-corrected chi connectivity index (χ2v) is 13.3. The van der Waals surface area contributed by atoms with Gasteiger partial charge in [-0.15, -0.1) is 0 Å². The van der Waals surface area contributed by atoms with Gasteiger partial charge in [-0.3, -0.25) is 0 Å². The molecule has 0 amide bonds. The maximum Gasteiger partial charge on any atom is 0.135 e. The van der Waals surface area contributed by atoms with Gasteiger partial charge in [-0.2, -0.15) is 0 Å². The van der Waals surface area contributed by atoms with E-state index >= 15 is 0 Å². The first-order chi connectivity index (χ1) is 24.8. The van der Waals surface area contributed by atoms with Crippen LogP contribution in [0.1, 0.15) is 0 Å². The zero-order valence-electron chi connectivity index (χ0n) is 27.1. The number of furan rings is 1. The highest BCUT2D eigenvalue weighted by molar-refractivity contribution is 6.18. The third kappa shape index (κ3) is 3.96. The second kappa shape index (κ2) is 10.4. The van der Waals surface area contributed by atoms with Crippen LogP contribution in [0.25, 0.3) is 105 Å². The lowest BCUT2D eigenvalue weighted by Crippen LogP contribution is -1.96. The molecule has 0 radical (unpaired) electrons. The molecule has 0 unspecified atom stereocenters. The molecule has 8 aromatic carbocycles. The van der Waals surface area contributed by atoms with Crippen molar-refractivity contribution in [1.29, 1.82) is 0 Å². The maximum atomic E-state index is 6.17. The highest BCUT2D eigenvalue weighted by atomic mass is 16.3. The normalized spacial score (nSPS) is 12.0. The van der Waals surface area contributed by atoms with E-state index in [9.17, 15) is 0 Å². The van der Waals surface area contributed by atoms with Gasteiger partial charge >= 0.3 is 0 Å². The molecule has 0 bridgehead atoms. The van der Waals surface area contributed by atoms with E-state index in [1.54, 1.807) is 0 Å². The molecule has 0 fully saturated rings. The standard InChI is InChI=1S/C48H29NO/c1-3-11-30(12-4-1)32-19-22-44-39(25-32)36-15-7-8-16-37(36)42-28-35(31-13-5-2-6-14-31)29-43-40-26-33(20-23-45(40)49(44)48(42)43)34-21-24-47-41(27-34)38-17-9-10-18-46(38)50-47/h1-29H. The Hall–Kier alpha value is -6.64. The average molecular weight is 636 g/mol. The zero-order valence-corrected chi connectivity index (χ0v) is 27.1. The molecule has 0 N–H and O–H groups in total. The van der Waals surface area contributed by atoms with Crippen LogP contribution in [0.5, 0.6) is 0 Å². The summed E-state index contributed by atoms with van der Waals surface area (Å²) in [7, 11) is 0. The molecule has 3 heterocycles. The van der Waals surface area contributed by atoms with E-state index in [2.05, 4.69) is 168 Å². The van der Waals surface area contributed by atoms with Crippen molar-refractivity contribution in [3.05, 3.63) is 176 Å². The van der Waals surface area contributed by atoms with Crippen LogP contribution in [0.3, 0.4) is 0 Å². The van der Waals surface area contributed by atoms with E-state index in [0.29, 0.717) is 0 Å². The third-order valence-corrected chi connectivity index (χ3v) is 10.5. The van der Waals surface area contributed by atoms with Crippen LogP contribution in [-0.4, -0.2) is 4.57 Å². The van der Waals surface area contributed by atoms with Crippen LogP contribution < -0.4 is 0 Å². The van der Waals surface area contributed by atoms with Gasteiger partial charge in [-0.25, -0.2) is 0 Å². The highest BCUT2D eigenvalue weighted by Crippen LogP contribution is 2.49. The molecule has 0 spiro atoms. The largest absolute Gasteiger partial charge is 0.456 e. The van der Waals surface area contributed by atoms with Gasteiger partial charge in [0.05, 0.1) is 16.7 Å². The molecule has 232 valence electrons. The molecule has 2 nitrogen and oxygen atoms in total. The summed E-state index contributed by atoms with van der Waals surface area (Å²) in [6, 6.07) is 64.0. The summed E-state index contributed by atoms with van der Waals surface area (Å²) >= 11 is 0. The van der Waals surface area contributed by atoms with Crippen molar-refractivity contribution >= 4 is 43.7 Å². The Kier molecular flexibility index (Phi) is 5.70. The number of hydrogen-bond donors (Lipinski definition) is 0. The lowest BCUT2D eigenvalue weighted by Gasteiger charge is -2.15. The Bertz CT molecular complexity index is 2960. The Morgan fingerprint density at radius 2 is 0.880 bits per heavy atom. The van der Waals surface area contributed by atoms with Crippen molar-refractivity contribution in [3.8, 4) is 61.3 Å². The summed E-state index contributed by atoms with van der Waals surface area (Å²) in [4.78, 5) is 0.